The lowest BCUT2D eigenvalue weighted by molar-refractivity contribution is -0.131. The smallest absolute Gasteiger partial charge is 0.242 e. The van der Waals surface area contributed by atoms with Crippen LogP contribution in [0.4, 0.5) is 0 Å². The van der Waals surface area contributed by atoms with Crippen molar-refractivity contribution in [3.8, 4) is 0 Å². The number of amides is 1. The number of carbonyl (C=O) groups is 1. The van der Waals surface area contributed by atoms with Crippen molar-refractivity contribution in [2.24, 2.45) is 0 Å². The molecule has 0 radical (unpaired) electrons. The summed E-state index contributed by atoms with van der Waals surface area (Å²) < 4.78 is 1.81. The van der Waals surface area contributed by atoms with Crippen LogP contribution >= 0.6 is 0 Å². The van der Waals surface area contributed by atoms with Crippen LogP contribution in [0.25, 0.3) is 11.0 Å². The predicted octanol–water partition coefficient (Wildman–Crippen LogP) is 1.04. The van der Waals surface area contributed by atoms with Gasteiger partial charge in [0.05, 0.1) is 24.0 Å². The van der Waals surface area contributed by atoms with Crippen molar-refractivity contribution < 1.29 is 9.90 Å². The van der Waals surface area contributed by atoms with E-state index in [0.717, 1.165) is 11.0 Å². The lowest BCUT2D eigenvalue weighted by atomic mass is 10.3. The molecule has 0 saturated carbocycles. The summed E-state index contributed by atoms with van der Waals surface area (Å²) in [6, 6.07) is 7.67. The van der Waals surface area contributed by atoms with E-state index in [9.17, 15) is 4.79 Å². The molecule has 0 aliphatic rings. The quantitative estimate of drug-likeness (QED) is 0.789. The van der Waals surface area contributed by atoms with Gasteiger partial charge < -0.3 is 14.6 Å². The van der Waals surface area contributed by atoms with Gasteiger partial charge in [-0.2, -0.15) is 0 Å². The maximum Gasteiger partial charge on any atom is 0.242 e. The van der Waals surface area contributed by atoms with Crippen molar-refractivity contribution in [2.75, 3.05) is 19.7 Å². The maximum atomic E-state index is 12.2. The van der Waals surface area contributed by atoms with Crippen molar-refractivity contribution in [3.05, 3.63) is 43.2 Å². The van der Waals surface area contributed by atoms with Crippen molar-refractivity contribution >= 4 is 16.9 Å². The monoisotopic (exact) mass is 259 g/mol. The molecule has 5 nitrogen and oxygen atoms in total. The largest absolute Gasteiger partial charge is 0.395 e. The van der Waals surface area contributed by atoms with Gasteiger partial charge in [-0.25, -0.2) is 4.98 Å². The maximum absolute atomic E-state index is 12.2. The van der Waals surface area contributed by atoms with E-state index in [1.807, 2.05) is 28.8 Å². The Bertz CT molecular complexity index is 577. The van der Waals surface area contributed by atoms with Gasteiger partial charge in [-0.1, -0.05) is 18.2 Å². The number of hydrogen-bond acceptors (Lipinski definition) is 3. The highest BCUT2D eigenvalue weighted by Crippen LogP contribution is 2.11. The molecule has 0 aliphatic heterocycles. The van der Waals surface area contributed by atoms with Gasteiger partial charge in [0.1, 0.15) is 6.54 Å². The van der Waals surface area contributed by atoms with E-state index in [1.54, 1.807) is 17.3 Å². The molecular formula is C14H17N3O2. The zero-order valence-corrected chi connectivity index (χ0v) is 10.7. The van der Waals surface area contributed by atoms with E-state index in [-0.39, 0.29) is 19.1 Å². The van der Waals surface area contributed by atoms with E-state index in [2.05, 4.69) is 11.6 Å². The Morgan fingerprint density at radius 3 is 3.00 bits per heavy atom. The fourth-order valence-corrected chi connectivity index (χ4v) is 1.98. The molecule has 0 bridgehead atoms. The summed E-state index contributed by atoms with van der Waals surface area (Å²) >= 11 is 0. The third kappa shape index (κ3) is 3.00. The molecule has 1 amide bonds. The van der Waals surface area contributed by atoms with Crippen molar-refractivity contribution in [3.63, 3.8) is 0 Å². The Labute approximate surface area is 111 Å². The van der Waals surface area contributed by atoms with E-state index >= 15 is 0 Å². The van der Waals surface area contributed by atoms with Crippen molar-refractivity contribution in [2.45, 2.75) is 6.54 Å². The molecule has 0 aliphatic carbocycles. The second-order valence-corrected chi connectivity index (χ2v) is 4.21. The van der Waals surface area contributed by atoms with Gasteiger partial charge in [0.15, 0.2) is 0 Å². The Hall–Kier alpha value is -2.14. The molecule has 5 heteroatoms. The number of nitrogens with zero attached hydrogens (tertiary/aromatic N) is 3. The Balaban J connectivity index is 2.15. The molecule has 2 aromatic rings. The van der Waals surface area contributed by atoms with Crippen molar-refractivity contribution in [1.29, 1.82) is 0 Å². The number of para-hydroxylation sites is 2. The average Bonchev–Trinajstić information content (AvgIpc) is 2.82. The molecule has 2 rings (SSSR count). The number of aliphatic hydroxyl groups excluding tert-OH is 1. The van der Waals surface area contributed by atoms with Gasteiger partial charge >= 0.3 is 0 Å². The fourth-order valence-electron chi connectivity index (χ4n) is 1.98. The third-order valence-corrected chi connectivity index (χ3v) is 2.91. The molecule has 0 unspecified atom stereocenters. The minimum atomic E-state index is -0.0582. The van der Waals surface area contributed by atoms with Crippen LogP contribution in [0.1, 0.15) is 0 Å². The molecular weight excluding hydrogens is 242 g/mol. The number of aliphatic hydroxyl groups is 1. The molecule has 1 heterocycles. The first-order chi connectivity index (χ1) is 9.26. The first-order valence-corrected chi connectivity index (χ1v) is 6.15. The average molecular weight is 259 g/mol. The summed E-state index contributed by atoms with van der Waals surface area (Å²) in [7, 11) is 0. The highest BCUT2D eigenvalue weighted by Gasteiger charge is 2.13. The number of fused-ring (bicyclic) bond motifs is 1. The van der Waals surface area contributed by atoms with E-state index in [1.165, 1.54) is 0 Å². The van der Waals surface area contributed by atoms with Crippen LogP contribution in [-0.4, -0.2) is 45.2 Å². The first kappa shape index (κ1) is 13.3. The lowest BCUT2D eigenvalue weighted by Crippen LogP contribution is -2.36. The highest BCUT2D eigenvalue weighted by molar-refractivity contribution is 5.80. The third-order valence-electron chi connectivity index (χ3n) is 2.91. The van der Waals surface area contributed by atoms with Gasteiger partial charge in [0, 0.05) is 13.1 Å². The van der Waals surface area contributed by atoms with Crippen LogP contribution < -0.4 is 0 Å². The predicted molar refractivity (Wildman–Crippen MR) is 73.6 cm³/mol. The summed E-state index contributed by atoms with van der Waals surface area (Å²) in [5.41, 5.74) is 1.80. The first-order valence-electron chi connectivity index (χ1n) is 6.15. The zero-order chi connectivity index (χ0) is 13.7. The molecule has 1 aromatic carbocycles. The summed E-state index contributed by atoms with van der Waals surface area (Å²) in [5, 5.41) is 8.96. The SMILES string of the molecule is C=CCN(CCO)C(=O)Cn1cnc2ccccc21. The molecule has 1 N–H and O–H groups in total. The second-order valence-electron chi connectivity index (χ2n) is 4.21. The zero-order valence-electron chi connectivity index (χ0n) is 10.7. The summed E-state index contributed by atoms with van der Waals surface area (Å²) in [6.45, 7) is 4.54. The lowest BCUT2D eigenvalue weighted by Gasteiger charge is -2.20. The molecule has 100 valence electrons. The normalized spacial score (nSPS) is 10.6. The number of imidazole rings is 1. The summed E-state index contributed by atoms with van der Waals surface area (Å²) in [4.78, 5) is 18.0. The van der Waals surface area contributed by atoms with Gasteiger partial charge in [0.2, 0.25) is 5.91 Å². The molecule has 19 heavy (non-hydrogen) atoms. The number of carbonyl (C=O) groups excluding carboxylic acids is 1. The molecule has 0 atom stereocenters. The second kappa shape index (κ2) is 6.15. The standard InChI is InChI=1S/C14H17N3O2/c1-2-7-16(8-9-18)14(19)10-17-11-15-12-5-3-4-6-13(12)17/h2-6,11,18H,1,7-10H2. The van der Waals surface area contributed by atoms with Crippen LogP contribution in [0.5, 0.6) is 0 Å². The number of rotatable bonds is 6. The molecule has 0 saturated heterocycles. The van der Waals surface area contributed by atoms with E-state index < -0.39 is 0 Å². The number of aromatic nitrogens is 2. The van der Waals surface area contributed by atoms with Crippen LogP contribution in [0.15, 0.2) is 43.2 Å². The van der Waals surface area contributed by atoms with Gasteiger partial charge in [-0.3, -0.25) is 4.79 Å². The van der Waals surface area contributed by atoms with Crippen LogP contribution in [-0.2, 0) is 11.3 Å². The van der Waals surface area contributed by atoms with Crippen LogP contribution in [0, 0.1) is 0 Å². The number of hydrogen-bond donors (Lipinski definition) is 1. The molecule has 0 fully saturated rings. The minimum absolute atomic E-state index is 0.0513. The van der Waals surface area contributed by atoms with E-state index in [0.29, 0.717) is 13.1 Å². The summed E-state index contributed by atoms with van der Waals surface area (Å²) in [6.07, 6.45) is 3.31. The Morgan fingerprint density at radius 2 is 2.26 bits per heavy atom. The van der Waals surface area contributed by atoms with Gasteiger partial charge in [-0.05, 0) is 12.1 Å². The Morgan fingerprint density at radius 1 is 1.47 bits per heavy atom. The topological polar surface area (TPSA) is 58.4 Å². The minimum Gasteiger partial charge on any atom is -0.395 e. The Kier molecular flexibility index (Phi) is 4.30. The summed E-state index contributed by atoms with van der Waals surface area (Å²) in [5.74, 6) is -0.0582. The number of benzene rings is 1. The highest BCUT2D eigenvalue weighted by atomic mass is 16.3. The van der Waals surface area contributed by atoms with Crippen molar-refractivity contribution in [1.82, 2.24) is 14.5 Å². The van der Waals surface area contributed by atoms with E-state index in [4.69, 9.17) is 5.11 Å². The van der Waals surface area contributed by atoms with Crippen LogP contribution in [0.2, 0.25) is 0 Å². The van der Waals surface area contributed by atoms with Crippen LogP contribution in [0.3, 0.4) is 0 Å². The fraction of sp³-hybridized carbons (Fsp3) is 0.286. The molecule has 1 aromatic heterocycles. The van der Waals surface area contributed by atoms with Gasteiger partial charge in [-0.15, -0.1) is 6.58 Å². The van der Waals surface area contributed by atoms with Gasteiger partial charge in [0.25, 0.3) is 0 Å². The molecule has 0 spiro atoms.